The highest BCUT2D eigenvalue weighted by atomic mass is 16.3. The van der Waals surface area contributed by atoms with Crippen LogP contribution in [0.25, 0.3) is 17.4 Å². The van der Waals surface area contributed by atoms with Crippen molar-refractivity contribution in [3.63, 3.8) is 0 Å². The van der Waals surface area contributed by atoms with Crippen LogP contribution in [0.3, 0.4) is 0 Å². The Bertz CT molecular complexity index is 1260. The molecule has 1 aromatic carbocycles. The molecule has 0 spiro atoms. The molecule has 0 bridgehead atoms. The van der Waals surface area contributed by atoms with Crippen molar-refractivity contribution >= 4 is 29.7 Å². The summed E-state index contributed by atoms with van der Waals surface area (Å²) in [6, 6.07) is 9.97. The van der Waals surface area contributed by atoms with Gasteiger partial charge in [-0.05, 0) is 49.8 Å². The van der Waals surface area contributed by atoms with Crippen molar-refractivity contribution in [1.82, 2.24) is 10.2 Å². The summed E-state index contributed by atoms with van der Waals surface area (Å²) in [5, 5.41) is 11.2. The van der Waals surface area contributed by atoms with Crippen molar-refractivity contribution in [3.05, 3.63) is 63.9 Å². The van der Waals surface area contributed by atoms with E-state index in [-0.39, 0.29) is 28.5 Å². The van der Waals surface area contributed by atoms with Gasteiger partial charge in [0.1, 0.15) is 23.2 Å². The first-order valence-electron chi connectivity index (χ1n) is 9.14. The van der Waals surface area contributed by atoms with E-state index in [0.717, 1.165) is 0 Å². The number of amides is 4. The van der Waals surface area contributed by atoms with E-state index < -0.39 is 11.8 Å². The predicted molar refractivity (Wildman–Crippen MR) is 105 cm³/mol. The molecule has 4 rings (SSSR count). The molecule has 0 unspecified atom stereocenters. The normalized spacial score (nSPS) is 17.5. The molecule has 1 aromatic heterocycles. The fraction of sp³-hybridized carbons (Fsp3) is 0.136. The van der Waals surface area contributed by atoms with Crippen LogP contribution < -0.4 is 5.32 Å². The Morgan fingerprint density at radius 2 is 1.80 bits per heavy atom. The lowest BCUT2D eigenvalue weighted by atomic mass is 9.96. The van der Waals surface area contributed by atoms with Crippen LogP contribution in [0, 0.1) is 11.3 Å². The van der Waals surface area contributed by atoms with E-state index in [4.69, 9.17) is 9.68 Å². The molecule has 0 saturated carbocycles. The maximum atomic E-state index is 12.4. The number of furan rings is 1. The van der Waals surface area contributed by atoms with Crippen LogP contribution in [0.2, 0.25) is 0 Å². The van der Waals surface area contributed by atoms with Crippen molar-refractivity contribution < 1.29 is 23.6 Å². The van der Waals surface area contributed by atoms with E-state index in [1.807, 2.05) is 0 Å². The van der Waals surface area contributed by atoms with Gasteiger partial charge < -0.3 is 4.42 Å². The lowest BCUT2D eigenvalue weighted by Gasteiger charge is -2.15. The number of hydrogen-bond donors (Lipinski definition) is 1. The van der Waals surface area contributed by atoms with E-state index in [1.165, 1.54) is 17.9 Å². The Balaban J connectivity index is 1.70. The van der Waals surface area contributed by atoms with Crippen molar-refractivity contribution in [1.29, 1.82) is 5.26 Å². The minimum atomic E-state index is -0.726. The molecule has 2 aliphatic rings. The predicted octanol–water partition coefficient (Wildman–Crippen LogP) is 2.44. The Hall–Kier alpha value is -4.25. The van der Waals surface area contributed by atoms with Crippen LogP contribution in [-0.2, 0) is 9.59 Å². The van der Waals surface area contributed by atoms with Gasteiger partial charge in [-0.3, -0.25) is 29.4 Å². The average Bonchev–Trinajstić information content (AvgIpc) is 3.28. The van der Waals surface area contributed by atoms with E-state index in [1.54, 1.807) is 43.3 Å². The molecule has 3 heterocycles. The van der Waals surface area contributed by atoms with Gasteiger partial charge in [-0.25, -0.2) is 0 Å². The van der Waals surface area contributed by atoms with Gasteiger partial charge in [0.25, 0.3) is 23.6 Å². The molecule has 0 saturated heterocycles. The smallest absolute Gasteiger partial charge is 0.269 e. The maximum absolute atomic E-state index is 12.4. The van der Waals surface area contributed by atoms with Crippen molar-refractivity contribution in [2.75, 3.05) is 6.54 Å². The summed E-state index contributed by atoms with van der Waals surface area (Å²) in [5.74, 6) is -1.23. The first-order chi connectivity index (χ1) is 14.3. The van der Waals surface area contributed by atoms with Crippen LogP contribution >= 0.6 is 0 Å². The zero-order chi connectivity index (χ0) is 21.6. The highest BCUT2D eigenvalue weighted by Crippen LogP contribution is 2.30. The maximum Gasteiger partial charge on any atom is 0.269 e. The Kier molecular flexibility index (Phi) is 4.43. The fourth-order valence-corrected chi connectivity index (χ4v) is 3.48. The number of hydrogen-bond acceptors (Lipinski definition) is 6. The van der Waals surface area contributed by atoms with Gasteiger partial charge >= 0.3 is 0 Å². The Morgan fingerprint density at radius 1 is 1.07 bits per heavy atom. The highest BCUT2D eigenvalue weighted by Gasteiger charge is 2.34. The van der Waals surface area contributed by atoms with E-state index in [9.17, 15) is 19.2 Å². The topological polar surface area (TPSA) is 120 Å². The van der Waals surface area contributed by atoms with Gasteiger partial charge in [-0.1, -0.05) is 6.07 Å². The largest absolute Gasteiger partial charge is 0.457 e. The number of carbonyl (C=O) groups excluding carboxylic acids is 4. The molecular weight excluding hydrogens is 386 g/mol. The third-order valence-corrected chi connectivity index (χ3v) is 5.07. The van der Waals surface area contributed by atoms with Crippen LogP contribution in [0.4, 0.5) is 0 Å². The number of imide groups is 2. The molecule has 148 valence electrons. The summed E-state index contributed by atoms with van der Waals surface area (Å²) in [6.07, 6.45) is 1.44. The first-order valence-corrected chi connectivity index (χ1v) is 9.14. The highest BCUT2D eigenvalue weighted by molar-refractivity contribution is 6.22. The van der Waals surface area contributed by atoms with Gasteiger partial charge in [-0.2, -0.15) is 5.26 Å². The number of fused-ring (bicyclic) bond motifs is 1. The molecule has 2 aromatic rings. The van der Waals surface area contributed by atoms with Crippen LogP contribution in [0.15, 0.2) is 51.5 Å². The third-order valence-electron chi connectivity index (χ3n) is 5.07. The van der Waals surface area contributed by atoms with Crippen LogP contribution in [0.5, 0.6) is 0 Å². The number of nitrogens with zero attached hydrogens (tertiary/aromatic N) is 2. The summed E-state index contributed by atoms with van der Waals surface area (Å²) < 4.78 is 5.78. The number of nitrogens with one attached hydrogen (secondary N) is 1. The monoisotopic (exact) mass is 401 g/mol. The van der Waals surface area contributed by atoms with E-state index in [0.29, 0.717) is 34.8 Å². The minimum absolute atomic E-state index is 0.130. The minimum Gasteiger partial charge on any atom is -0.457 e. The summed E-state index contributed by atoms with van der Waals surface area (Å²) in [6.45, 7) is 3.55. The Labute approximate surface area is 171 Å². The first kappa shape index (κ1) is 19.1. The molecule has 2 aliphatic heterocycles. The molecule has 1 N–H and O–H groups in total. The molecule has 30 heavy (non-hydrogen) atoms. The molecule has 4 amide bonds. The van der Waals surface area contributed by atoms with Gasteiger partial charge in [0.15, 0.2) is 0 Å². The zero-order valence-corrected chi connectivity index (χ0v) is 16.1. The third kappa shape index (κ3) is 2.84. The Morgan fingerprint density at radius 3 is 2.50 bits per heavy atom. The van der Waals surface area contributed by atoms with Crippen LogP contribution in [0.1, 0.15) is 40.3 Å². The number of rotatable bonds is 3. The summed E-state index contributed by atoms with van der Waals surface area (Å²) >= 11 is 0. The molecule has 0 radical (unpaired) electrons. The average molecular weight is 401 g/mol. The fourth-order valence-electron chi connectivity index (χ4n) is 3.48. The number of benzene rings is 1. The van der Waals surface area contributed by atoms with Crippen molar-refractivity contribution in [2.45, 2.75) is 13.8 Å². The summed E-state index contributed by atoms with van der Waals surface area (Å²) in [5.41, 5.74) is 1.57. The van der Waals surface area contributed by atoms with Crippen molar-refractivity contribution in [2.24, 2.45) is 0 Å². The molecular formula is C22H15N3O5. The van der Waals surface area contributed by atoms with Gasteiger partial charge in [0.05, 0.1) is 11.1 Å². The lowest BCUT2D eigenvalue weighted by Crippen LogP contribution is -2.37. The number of carbonyl (C=O) groups is 4. The summed E-state index contributed by atoms with van der Waals surface area (Å²) in [4.78, 5) is 49.7. The molecule has 0 aliphatic carbocycles. The molecule has 8 nitrogen and oxygen atoms in total. The standard InChI is InChI=1S/C22H15N3O5/c1-3-25-21(28)14-6-4-12(8-16(14)22(25)29)18-7-5-13(30-18)9-15-11(2)17(10-23)20(27)24-19(15)26/h4-9H,3H2,1-2H3,(H,24,26,27)/b15-9-. The van der Waals surface area contributed by atoms with Gasteiger partial charge in [0.2, 0.25) is 0 Å². The van der Waals surface area contributed by atoms with Gasteiger partial charge in [0, 0.05) is 17.7 Å². The van der Waals surface area contributed by atoms with Gasteiger partial charge in [-0.15, -0.1) is 0 Å². The second kappa shape index (κ2) is 6.97. The second-order valence-electron chi connectivity index (χ2n) is 6.77. The van der Waals surface area contributed by atoms with E-state index >= 15 is 0 Å². The summed E-state index contributed by atoms with van der Waals surface area (Å²) in [7, 11) is 0. The number of nitriles is 1. The molecule has 8 heteroatoms. The zero-order valence-electron chi connectivity index (χ0n) is 16.1. The lowest BCUT2D eigenvalue weighted by molar-refractivity contribution is -0.126. The van der Waals surface area contributed by atoms with Crippen LogP contribution in [-0.4, -0.2) is 35.1 Å². The SMILES string of the molecule is CCN1C(=O)c2ccc(-c3ccc(/C=C4\C(=O)NC(=O)C(C#N)=C4C)o3)cc2C1=O. The van der Waals surface area contributed by atoms with Crippen molar-refractivity contribution in [3.8, 4) is 17.4 Å². The quantitative estimate of drug-likeness (QED) is 0.623. The molecule has 0 fully saturated rings. The second-order valence-corrected chi connectivity index (χ2v) is 6.77. The van der Waals surface area contributed by atoms with E-state index in [2.05, 4.69) is 5.32 Å². The molecule has 0 atom stereocenters.